The summed E-state index contributed by atoms with van der Waals surface area (Å²) in [7, 11) is -3.67. The van der Waals surface area contributed by atoms with Crippen molar-refractivity contribution in [1.82, 2.24) is 19.7 Å². The van der Waals surface area contributed by atoms with Gasteiger partial charge >= 0.3 is 0 Å². The predicted molar refractivity (Wildman–Crippen MR) is 101 cm³/mol. The molecule has 2 saturated heterocycles. The Morgan fingerprint density at radius 2 is 1.79 bits per heavy atom. The summed E-state index contributed by atoms with van der Waals surface area (Å²) in [5, 5.41) is 6.55. The van der Waals surface area contributed by atoms with Crippen LogP contribution in [0.15, 0.2) is 9.42 Å². The molecule has 0 saturated carbocycles. The van der Waals surface area contributed by atoms with Crippen molar-refractivity contribution >= 4 is 21.8 Å². The molecule has 28 heavy (non-hydrogen) atoms. The average molecular weight is 413 g/mol. The monoisotopic (exact) mass is 412 g/mol. The summed E-state index contributed by atoms with van der Waals surface area (Å²) in [6.45, 7) is 5.68. The van der Waals surface area contributed by atoms with Crippen molar-refractivity contribution in [2.45, 2.75) is 50.8 Å². The summed E-state index contributed by atoms with van der Waals surface area (Å²) in [6, 6.07) is 0. The van der Waals surface area contributed by atoms with Gasteiger partial charge in [0, 0.05) is 45.1 Å². The minimum atomic E-state index is -3.67. The van der Waals surface area contributed by atoms with Gasteiger partial charge < -0.3 is 14.7 Å². The minimum Gasteiger partial charge on any atom is -0.360 e. The zero-order valence-electron chi connectivity index (χ0n) is 16.4. The second kappa shape index (κ2) is 8.60. The molecule has 0 aromatic carbocycles. The van der Waals surface area contributed by atoms with Crippen molar-refractivity contribution in [3.05, 3.63) is 11.5 Å². The molecule has 0 aliphatic carbocycles. The van der Waals surface area contributed by atoms with Crippen LogP contribution in [0.1, 0.15) is 43.6 Å². The maximum absolute atomic E-state index is 12.8. The van der Waals surface area contributed by atoms with E-state index in [1.807, 2.05) is 4.90 Å². The third-order valence-corrected chi connectivity index (χ3v) is 7.63. The maximum Gasteiger partial charge on any atom is 0.248 e. The van der Waals surface area contributed by atoms with E-state index in [1.165, 1.54) is 4.31 Å². The second-order valence-electron chi connectivity index (χ2n) is 7.46. The molecule has 1 aromatic heterocycles. The van der Waals surface area contributed by atoms with Gasteiger partial charge in [-0.25, -0.2) is 8.42 Å². The summed E-state index contributed by atoms with van der Waals surface area (Å²) in [4.78, 5) is 26.3. The lowest BCUT2D eigenvalue weighted by atomic mass is 9.97. The van der Waals surface area contributed by atoms with Gasteiger partial charge in [0.2, 0.25) is 21.8 Å². The Bertz CT molecular complexity index is 802. The Balaban J connectivity index is 1.47. The number of likely N-dealkylation sites (tertiary alicyclic amines) is 1. The molecule has 0 radical (unpaired) electrons. The molecule has 3 heterocycles. The lowest BCUT2D eigenvalue weighted by molar-refractivity contribution is -0.130. The first-order valence-corrected chi connectivity index (χ1v) is 11.2. The molecular formula is C18H28N4O5S. The van der Waals surface area contributed by atoms with Gasteiger partial charge in [-0.1, -0.05) is 5.16 Å². The standard InChI is InChI=1S/C18H28N4O5S/c1-13-17(14(2)27-20-13)28(25,26)22-11-6-15(7-12-22)18(24)19-8-5-16(23)21-9-3-4-10-21/h15H,3-12H2,1-2H3,(H,19,24). The van der Waals surface area contributed by atoms with Crippen LogP contribution in [-0.2, 0) is 19.6 Å². The molecule has 2 aliphatic heterocycles. The van der Waals surface area contributed by atoms with Crippen LogP contribution in [0.25, 0.3) is 0 Å². The Kier molecular flexibility index (Phi) is 6.39. The van der Waals surface area contributed by atoms with Gasteiger partial charge in [-0.05, 0) is 39.5 Å². The quantitative estimate of drug-likeness (QED) is 0.740. The predicted octanol–water partition coefficient (Wildman–Crippen LogP) is 0.821. The fraction of sp³-hybridized carbons (Fsp3) is 0.722. The number of nitrogens with one attached hydrogen (secondary N) is 1. The van der Waals surface area contributed by atoms with Crippen LogP contribution in [0.4, 0.5) is 0 Å². The summed E-state index contributed by atoms with van der Waals surface area (Å²) in [6.07, 6.45) is 3.31. The highest BCUT2D eigenvalue weighted by molar-refractivity contribution is 7.89. The molecule has 2 fully saturated rings. The van der Waals surface area contributed by atoms with Crippen LogP contribution in [0.2, 0.25) is 0 Å². The number of rotatable bonds is 6. The molecule has 1 aromatic rings. The van der Waals surface area contributed by atoms with Gasteiger partial charge in [0.05, 0.1) is 0 Å². The molecule has 0 unspecified atom stereocenters. The summed E-state index contributed by atoms with van der Waals surface area (Å²) in [5.41, 5.74) is 0.347. The van der Waals surface area contributed by atoms with E-state index in [1.54, 1.807) is 13.8 Å². The Labute approximate surface area is 165 Å². The summed E-state index contributed by atoms with van der Waals surface area (Å²) < 4.78 is 32.0. The number of amides is 2. The first-order chi connectivity index (χ1) is 13.3. The van der Waals surface area contributed by atoms with E-state index in [4.69, 9.17) is 4.52 Å². The SMILES string of the molecule is Cc1noc(C)c1S(=O)(=O)N1CCC(C(=O)NCCC(=O)N2CCCC2)CC1. The summed E-state index contributed by atoms with van der Waals surface area (Å²) in [5.74, 6) is 0.0137. The molecule has 1 N–H and O–H groups in total. The van der Waals surface area contributed by atoms with Gasteiger partial charge in [0.1, 0.15) is 10.6 Å². The second-order valence-corrected chi connectivity index (χ2v) is 9.34. The Morgan fingerprint density at radius 1 is 1.14 bits per heavy atom. The lowest BCUT2D eigenvalue weighted by Crippen LogP contribution is -2.43. The smallest absolute Gasteiger partial charge is 0.248 e. The fourth-order valence-corrected chi connectivity index (χ4v) is 5.65. The van der Waals surface area contributed by atoms with Crippen LogP contribution < -0.4 is 5.32 Å². The topological polar surface area (TPSA) is 113 Å². The largest absolute Gasteiger partial charge is 0.360 e. The number of nitrogens with zero attached hydrogens (tertiary/aromatic N) is 3. The van der Waals surface area contributed by atoms with Gasteiger partial charge in [-0.2, -0.15) is 4.31 Å². The van der Waals surface area contributed by atoms with E-state index < -0.39 is 10.0 Å². The van der Waals surface area contributed by atoms with Gasteiger partial charge in [0.15, 0.2) is 5.76 Å². The number of hydrogen-bond acceptors (Lipinski definition) is 6. The third-order valence-electron chi connectivity index (χ3n) is 5.49. The van der Waals surface area contributed by atoms with Crippen molar-refractivity contribution in [1.29, 1.82) is 0 Å². The highest BCUT2D eigenvalue weighted by atomic mass is 32.2. The average Bonchev–Trinajstić information content (AvgIpc) is 3.32. The van der Waals surface area contributed by atoms with Crippen LogP contribution >= 0.6 is 0 Å². The number of aromatic nitrogens is 1. The third kappa shape index (κ3) is 4.38. The number of piperidine rings is 1. The van der Waals surface area contributed by atoms with Gasteiger partial charge in [-0.3, -0.25) is 9.59 Å². The number of carbonyl (C=O) groups is 2. The van der Waals surface area contributed by atoms with Crippen LogP contribution in [-0.4, -0.2) is 67.3 Å². The normalized spacial score (nSPS) is 19.1. The van der Waals surface area contributed by atoms with Crippen LogP contribution in [0.3, 0.4) is 0 Å². The van der Waals surface area contributed by atoms with E-state index in [0.717, 1.165) is 25.9 Å². The van der Waals surface area contributed by atoms with E-state index in [9.17, 15) is 18.0 Å². The van der Waals surface area contributed by atoms with Crippen molar-refractivity contribution in [2.75, 3.05) is 32.7 Å². The molecule has 10 heteroatoms. The number of hydrogen-bond donors (Lipinski definition) is 1. The molecule has 0 atom stereocenters. The van der Waals surface area contributed by atoms with Crippen molar-refractivity contribution in [3.63, 3.8) is 0 Å². The van der Waals surface area contributed by atoms with Crippen molar-refractivity contribution < 1.29 is 22.5 Å². The van der Waals surface area contributed by atoms with E-state index in [0.29, 0.717) is 31.5 Å². The van der Waals surface area contributed by atoms with E-state index in [-0.39, 0.29) is 41.5 Å². The fourth-order valence-electron chi connectivity index (χ4n) is 3.89. The Morgan fingerprint density at radius 3 is 2.36 bits per heavy atom. The highest BCUT2D eigenvalue weighted by Crippen LogP contribution is 2.27. The molecule has 9 nitrogen and oxygen atoms in total. The van der Waals surface area contributed by atoms with Gasteiger partial charge in [0.25, 0.3) is 0 Å². The molecule has 2 amide bonds. The van der Waals surface area contributed by atoms with Crippen molar-refractivity contribution in [3.8, 4) is 0 Å². The molecule has 3 rings (SSSR count). The van der Waals surface area contributed by atoms with Crippen LogP contribution in [0, 0.1) is 19.8 Å². The van der Waals surface area contributed by atoms with Gasteiger partial charge in [-0.15, -0.1) is 0 Å². The number of aryl methyl sites for hydroxylation is 2. The molecular weight excluding hydrogens is 384 g/mol. The first-order valence-electron chi connectivity index (χ1n) is 9.79. The zero-order valence-corrected chi connectivity index (χ0v) is 17.3. The Hall–Kier alpha value is -1.94. The van der Waals surface area contributed by atoms with Crippen LogP contribution in [0.5, 0.6) is 0 Å². The van der Waals surface area contributed by atoms with E-state index in [2.05, 4.69) is 10.5 Å². The summed E-state index contributed by atoms with van der Waals surface area (Å²) >= 11 is 0. The maximum atomic E-state index is 12.8. The number of sulfonamides is 1. The molecule has 0 spiro atoms. The lowest BCUT2D eigenvalue weighted by Gasteiger charge is -2.30. The first kappa shape index (κ1) is 20.8. The molecule has 2 aliphatic rings. The minimum absolute atomic E-state index is 0.0816. The zero-order chi connectivity index (χ0) is 20.3. The number of carbonyl (C=O) groups excluding carboxylic acids is 2. The highest BCUT2D eigenvalue weighted by Gasteiger charge is 2.35. The molecule has 0 bridgehead atoms. The van der Waals surface area contributed by atoms with Crippen molar-refractivity contribution in [2.24, 2.45) is 5.92 Å². The molecule has 156 valence electrons. The van der Waals surface area contributed by atoms with E-state index >= 15 is 0 Å².